The van der Waals surface area contributed by atoms with Gasteiger partial charge in [0.1, 0.15) is 0 Å². The molecule has 0 radical (unpaired) electrons. The predicted octanol–water partition coefficient (Wildman–Crippen LogP) is 4.67. The molecule has 0 saturated carbocycles. The van der Waals surface area contributed by atoms with Crippen molar-refractivity contribution < 1.29 is 8.42 Å². The molecule has 0 aliphatic carbocycles. The normalized spacial score (nSPS) is 20.3. The lowest BCUT2D eigenvalue weighted by atomic mass is 10.1. The van der Waals surface area contributed by atoms with Gasteiger partial charge in [0.05, 0.1) is 10.9 Å². The summed E-state index contributed by atoms with van der Waals surface area (Å²) in [5.74, 6) is 0. The van der Waals surface area contributed by atoms with Crippen LogP contribution in [0.4, 0.5) is 0 Å². The third-order valence-corrected chi connectivity index (χ3v) is 7.54. The summed E-state index contributed by atoms with van der Waals surface area (Å²) >= 11 is 1.65. The van der Waals surface area contributed by atoms with Gasteiger partial charge in [-0.15, -0.1) is 11.3 Å². The number of hydrogen-bond acceptors (Lipinski definition) is 3. The molecule has 0 N–H and O–H groups in total. The Kier molecular flexibility index (Phi) is 4.90. The molecule has 1 fully saturated rings. The van der Waals surface area contributed by atoms with E-state index in [1.807, 2.05) is 31.4 Å². The number of rotatable bonds is 3. The molecule has 1 aromatic carbocycles. The molecular weight excluding hydrogens is 326 g/mol. The Hall–Kier alpha value is -1.17. The van der Waals surface area contributed by atoms with Crippen LogP contribution in [0.1, 0.15) is 47.7 Å². The van der Waals surface area contributed by atoms with E-state index in [0.717, 1.165) is 41.7 Å². The second-order valence-corrected chi connectivity index (χ2v) is 9.11. The molecule has 23 heavy (non-hydrogen) atoms. The summed E-state index contributed by atoms with van der Waals surface area (Å²) in [7, 11) is -3.46. The van der Waals surface area contributed by atoms with Gasteiger partial charge in [0.2, 0.25) is 10.0 Å². The number of hydrogen-bond donors (Lipinski definition) is 0. The summed E-state index contributed by atoms with van der Waals surface area (Å²) in [5, 5.41) is 2.03. The van der Waals surface area contributed by atoms with Gasteiger partial charge in [0, 0.05) is 11.4 Å². The van der Waals surface area contributed by atoms with E-state index < -0.39 is 10.0 Å². The molecule has 124 valence electrons. The zero-order valence-corrected chi connectivity index (χ0v) is 15.3. The highest BCUT2D eigenvalue weighted by molar-refractivity contribution is 7.89. The largest absolute Gasteiger partial charge is 0.243 e. The lowest BCUT2D eigenvalue weighted by Crippen LogP contribution is -2.34. The highest BCUT2D eigenvalue weighted by Crippen LogP contribution is 2.36. The summed E-state index contributed by atoms with van der Waals surface area (Å²) in [5.41, 5.74) is 2.14. The minimum atomic E-state index is -3.46. The average Bonchev–Trinajstić information content (AvgIpc) is 2.93. The Bertz CT molecular complexity index is 766. The first kappa shape index (κ1) is 16.7. The maximum Gasteiger partial charge on any atom is 0.243 e. The molecule has 2 heterocycles. The maximum atomic E-state index is 13.2. The van der Waals surface area contributed by atoms with Gasteiger partial charge in [0.25, 0.3) is 0 Å². The Morgan fingerprint density at radius 3 is 2.61 bits per heavy atom. The summed E-state index contributed by atoms with van der Waals surface area (Å²) in [6.07, 6.45) is 4.03. The second kappa shape index (κ2) is 6.75. The van der Waals surface area contributed by atoms with E-state index in [9.17, 15) is 8.42 Å². The van der Waals surface area contributed by atoms with Gasteiger partial charge < -0.3 is 0 Å². The first-order valence-corrected chi connectivity index (χ1v) is 10.4. The number of aryl methyl sites for hydroxylation is 2. The lowest BCUT2D eigenvalue weighted by molar-refractivity contribution is 0.333. The van der Waals surface area contributed by atoms with Crippen LogP contribution in [0.2, 0.25) is 0 Å². The number of sulfonamides is 1. The summed E-state index contributed by atoms with van der Waals surface area (Å²) in [6, 6.07) is 9.49. The van der Waals surface area contributed by atoms with Crippen LogP contribution in [0.5, 0.6) is 0 Å². The van der Waals surface area contributed by atoms with E-state index in [4.69, 9.17) is 0 Å². The highest BCUT2D eigenvalue weighted by atomic mass is 32.2. The van der Waals surface area contributed by atoms with E-state index in [0.29, 0.717) is 11.4 Å². The molecule has 3 rings (SSSR count). The maximum absolute atomic E-state index is 13.2. The van der Waals surface area contributed by atoms with E-state index in [1.54, 1.807) is 27.8 Å². The van der Waals surface area contributed by atoms with Crippen molar-refractivity contribution in [3.63, 3.8) is 0 Å². The predicted molar refractivity (Wildman–Crippen MR) is 95.3 cm³/mol. The standard InChI is InChI=1S/C18H23NO2S2/c1-14-9-10-16(13-15(14)2)23(20,21)19-11-5-3-4-7-17(19)18-8-6-12-22-18/h6,8-10,12-13,17H,3-5,7,11H2,1-2H3. The van der Waals surface area contributed by atoms with E-state index in [1.165, 1.54) is 0 Å². The van der Waals surface area contributed by atoms with Crippen molar-refractivity contribution in [1.82, 2.24) is 4.31 Å². The van der Waals surface area contributed by atoms with Crippen LogP contribution < -0.4 is 0 Å². The molecule has 1 atom stereocenters. The summed E-state index contributed by atoms with van der Waals surface area (Å²) in [4.78, 5) is 1.57. The van der Waals surface area contributed by atoms with Crippen LogP contribution >= 0.6 is 11.3 Å². The lowest BCUT2D eigenvalue weighted by Gasteiger charge is -2.28. The number of thiophene rings is 1. The molecule has 1 aliphatic heterocycles. The highest BCUT2D eigenvalue weighted by Gasteiger charge is 2.33. The van der Waals surface area contributed by atoms with Crippen LogP contribution in [0.15, 0.2) is 40.6 Å². The van der Waals surface area contributed by atoms with Crippen molar-refractivity contribution in [1.29, 1.82) is 0 Å². The Morgan fingerprint density at radius 2 is 1.91 bits per heavy atom. The fourth-order valence-corrected chi connectivity index (χ4v) is 5.84. The summed E-state index contributed by atoms with van der Waals surface area (Å²) in [6.45, 7) is 4.58. The first-order valence-electron chi connectivity index (χ1n) is 8.12. The smallest absolute Gasteiger partial charge is 0.207 e. The Morgan fingerprint density at radius 1 is 1.09 bits per heavy atom. The van der Waals surface area contributed by atoms with E-state index >= 15 is 0 Å². The molecule has 0 bridgehead atoms. The van der Waals surface area contributed by atoms with Crippen molar-refractivity contribution >= 4 is 21.4 Å². The van der Waals surface area contributed by atoms with Gasteiger partial charge in [-0.2, -0.15) is 4.31 Å². The van der Waals surface area contributed by atoms with Crippen molar-refractivity contribution in [2.75, 3.05) is 6.54 Å². The van der Waals surface area contributed by atoms with Crippen molar-refractivity contribution in [2.24, 2.45) is 0 Å². The van der Waals surface area contributed by atoms with E-state index in [2.05, 4.69) is 6.07 Å². The number of nitrogens with zero attached hydrogens (tertiary/aromatic N) is 1. The Balaban J connectivity index is 2.02. The minimum absolute atomic E-state index is 0.0240. The third-order valence-electron chi connectivity index (χ3n) is 4.66. The zero-order chi connectivity index (χ0) is 16.4. The zero-order valence-electron chi connectivity index (χ0n) is 13.7. The monoisotopic (exact) mass is 349 g/mol. The number of benzene rings is 1. The van der Waals surface area contributed by atoms with Gasteiger partial charge in [-0.3, -0.25) is 0 Å². The fourth-order valence-electron chi connectivity index (χ4n) is 3.14. The Labute approximate surface area is 143 Å². The quantitative estimate of drug-likeness (QED) is 0.807. The van der Waals surface area contributed by atoms with Crippen molar-refractivity contribution in [3.05, 3.63) is 51.7 Å². The van der Waals surface area contributed by atoms with Crippen LogP contribution in [0.3, 0.4) is 0 Å². The molecule has 1 aromatic heterocycles. The molecule has 0 amide bonds. The van der Waals surface area contributed by atoms with Crippen LogP contribution in [0.25, 0.3) is 0 Å². The van der Waals surface area contributed by atoms with Crippen molar-refractivity contribution in [2.45, 2.75) is 50.5 Å². The van der Waals surface area contributed by atoms with Gasteiger partial charge in [-0.1, -0.05) is 25.0 Å². The molecule has 1 unspecified atom stereocenters. The molecule has 0 spiro atoms. The summed E-state index contributed by atoms with van der Waals surface area (Å²) < 4.78 is 28.2. The van der Waals surface area contributed by atoms with Crippen LogP contribution in [0, 0.1) is 13.8 Å². The SMILES string of the molecule is Cc1ccc(S(=O)(=O)N2CCCCCC2c2cccs2)cc1C. The molecule has 3 nitrogen and oxygen atoms in total. The minimum Gasteiger partial charge on any atom is -0.207 e. The van der Waals surface area contributed by atoms with Crippen LogP contribution in [-0.2, 0) is 10.0 Å². The topological polar surface area (TPSA) is 37.4 Å². The third kappa shape index (κ3) is 3.37. The fraction of sp³-hybridized carbons (Fsp3) is 0.444. The van der Waals surface area contributed by atoms with Gasteiger partial charge >= 0.3 is 0 Å². The van der Waals surface area contributed by atoms with Gasteiger partial charge in [-0.05, 0) is 61.4 Å². The van der Waals surface area contributed by atoms with Crippen LogP contribution in [-0.4, -0.2) is 19.3 Å². The van der Waals surface area contributed by atoms with Crippen molar-refractivity contribution in [3.8, 4) is 0 Å². The average molecular weight is 350 g/mol. The molecule has 1 aliphatic rings. The molecule has 5 heteroatoms. The van der Waals surface area contributed by atoms with E-state index in [-0.39, 0.29) is 6.04 Å². The molecule has 1 saturated heterocycles. The van der Waals surface area contributed by atoms with Gasteiger partial charge in [0.15, 0.2) is 0 Å². The molecular formula is C18H23NO2S2. The molecule has 2 aromatic rings. The first-order chi connectivity index (χ1) is 11.0. The second-order valence-electron chi connectivity index (χ2n) is 6.24. The van der Waals surface area contributed by atoms with Gasteiger partial charge in [-0.25, -0.2) is 8.42 Å².